The summed E-state index contributed by atoms with van der Waals surface area (Å²) in [6.45, 7) is -1.60. The molecule has 96 valence electrons. The van der Waals surface area contributed by atoms with Crippen molar-refractivity contribution in [1.82, 2.24) is 0 Å². The second-order valence-corrected chi connectivity index (χ2v) is 3.05. The second kappa shape index (κ2) is 5.82. The fourth-order valence-electron chi connectivity index (χ4n) is 1.27. The van der Waals surface area contributed by atoms with E-state index >= 15 is 0 Å². The lowest BCUT2D eigenvalue weighted by molar-refractivity contribution is -0.0515. The first-order valence-electron chi connectivity index (χ1n) is 4.89. The number of phenols is 1. The van der Waals surface area contributed by atoms with E-state index < -0.39 is 29.6 Å². The third-order valence-corrected chi connectivity index (χ3v) is 1.95. The number of carbonyl (C=O) groups is 1. The predicted molar refractivity (Wildman–Crippen MR) is 55.4 cm³/mol. The average molecular weight is 257 g/mol. The van der Waals surface area contributed by atoms with E-state index in [0.717, 1.165) is 12.1 Å². The van der Waals surface area contributed by atoms with Crippen molar-refractivity contribution in [3.8, 4) is 17.6 Å². The van der Waals surface area contributed by atoms with E-state index in [-0.39, 0.29) is 12.2 Å². The molecule has 0 heterocycles. The van der Waals surface area contributed by atoms with Crippen molar-refractivity contribution >= 4 is 5.97 Å². The highest BCUT2D eigenvalue weighted by atomic mass is 19.3. The molecule has 0 aliphatic carbocycles. The minimum atomic E-state index is -3.22. The maximum absolute atomic E-state index is 12.1. The zero-order valence-corrected chi connectivity index (χ0v) is 9.31. The smallest absolute Gasteiger partial charge is 0.387 e. The molecule has 0 fully saturated rings. The van der Waals surface area contributed by atoms with E-state index in [1.54, 1.807) is 6.92 Å². The Hall–Kier alpha value is -2.36. The van der Waals surface area contributed by atoms with Crippen LogP contribution in [0.15, 0.2) is 12.1 Å². The van der Waals surface area contributed by atoms with Crippen LogP contribution in [0.25, 0.3) is 0 Å². The van der Waals surface area contributed by atoms with Crippen molar-refractivity contribution in [1.29, 1.82) is 5.26 Å². The molecule has 1 rings (SSSR count). The summed E-state index contributed by atoms with van der Waals surface area (Å²) in [4.78, 5) is 11.5. The molecule has 0 saturated carbocycles. The molecule has 0 spiro atoms. The molecule has 0 aromatic heterocycles. The molecule has 0 amide bonds. The van der Waals surface area contributed by atoms with Crippen LogP contribution >= 0.6 is 0 Å². The van der Waals surface area contributed by atoms with Gasteiger partial charge < -0.3 is 14.6 Å². The predicted octanol–water partition coefficient (Wildman–Crippen LogP) is 2.04. The second-order valence-electron chi connectivity index (χ2n) is 3.05. The molecular formula is C11H9F2NO4. The van der Waals surface area contributed by atoms with Crippen LogP contribution in [0, 0.1) is 11.3 Å². The Morgan fingerprint density at radius 2 is 2.22 bits per heavy atom. The summed E-state index contributed by atoms with van der Waals surface area (Å²) in [5.41, 5.74) is -0.735. The third kappa shape index (κ3) is 2.85. The summed E-state index contributed by atoms with van der Waals surface area (Å²) >= 11 is 0. The highest BCUT2D eigenvalue weighted by Gasteiger charge is 2.22. The molecule has 1 aromatic rings. The first-order valence-corrected chi connectivity index (χ1v) is 4.89. The van der Waals surface area contributed by atoms with E-state index in [9.17, 15) is 18.7 Å². The Bertz CT molecular complexity index is 497. The van der Waals surface area contributed by atoms with Gasteiger partial charge in [0.1, 0.15) is 11.6 Å². The van der Waals surface area contributed by atoms with Gasteiger partial charge in [-0.2, -0.15) is 14.0 Å². The number of aromatic hydroxyl groups is 1. The van der Waals surface area contributed by atoms with Crippen LogP contribution in [0.1, 0.15) is 22.8 Å². The SMILES string of the molecule is CCOC(=O)c1ccc(O)c(OC(F)F)c1C#N. The molecule has 18 heavy (non-hydrogen) atoms. The third-order valence-electron chi connectivity index (χ3n) is 1.95. The Labute approximate surface area is 101 Å². The quantitative estimate of drug-likeness (QED) is 0.835. The molecular weight excluding hydrogens is 248 g/mol. The highest BCUT2D eigenvalue weighted by molar-refractivity contribution is 5.93. The van der Waals surface area contributed by atoms with E-state index in [4.69, 9.17) is 5.26 Å². The van der Waals surface area contributed by atoms with Gasteiger partial charge in [0.2, 0.25) is 0 Å². The van der Waals surface area contributed by atoms with Crippen molar-refractivity contribution in [2.75, 3.05) is 6.61 Å². The van der Waals surface area contributed by atoms with E-state index in [2.05, 4.69) is 9.47 Å². The van der Waals surface area contributed by atoms with E-state index in [1.165, 1.54) is 6.07 Å². The van der Waals surface area contributed by atoms with Gasteiger partial charge >= 0.3 is 12.6 Å². The van der Waals surface area contributed by atoms with Crippen LogP contribution < -0.4 is 4.74 Å². The Morgan fingerprint density at radius 3 is 2.72 bits per heavy atom. The zero-order valence-electron chi connectivity index (χ0n) is 9.31. The van der Waals surface area contributed by atoms with Crippen molar-refractivity contribution in [2.45, 2.75) is 13.5 Å². The van der Waals surface area contributed by atoms with Crippen LogP contribution in [-0.2, 0) is 4.74 Å². The Morgan fingerprint density at radius 1 is 1.56 bits per heavy atom. The van der Waals surface area contributed by atoms with E-state index in [0.29, 0.717) is 0 Å². The fourth-order valence-corrected chi connectivity index (χ4v) is 1.27. The van der Waals surface area contributed by atoms with Gasteiger partial charge in [0.05, 0.1) is 12.2 Å². The molecule has 0 radical (unpaired) electrons. The summed E-state index contributed by atoms with van der Waals surface area (Å²) in [7, 11) is 0. The van der Waals surface area contributed by atoms with Gasteiger partial charge in [-0.1, -0.05) is 0 Å². The van der Waals surface area contributed by atoms with Crippen molar-refractivity contribution < 1.29 is 28.2 Å². The van der Waals surface area contributed by atoms with Crippen LogP contribution in [0.4, 0.5) is 8.78 Å². The average Bonchev–Trinajstić information content (AvgIpc) is 2.31. The number of esters is 1. The molecule has 0 atom stereocenters. The van der Waals surface area contributed by atoms with Gasteiger partial charge in [0.25, 0.3) is 0 Å². The Kier molecular flexibility index (Phi) is 4.43. The molecule has 1 aromatic carbocycles. The molecule has 0 unspecified atom stereocenters. The minimum absolute atomic E-state index is 0.0651. The number of phenolic OH excluding ortho intramolecular Hbond substituents is 1. The number of nitrogens with zero attached hydrogens (tertiary/aromatic N) is 1. The first kappa shape index (κ1) is 13.7. The van der Waals surface area contributed by atoms with E-state index in [1.807, 2.05) is 0 Å². The lowest BCUT2D eigenvalue weighted by Gasteiger charge is -2.11. The number of ether oxygens (including phenoxy) is 2. The lowest BCUT2D eigenvalue weighted by atomic mass is 10.1. The maximum atomic E-state index is 12.1. The topological polar surface area (TPSA) is 79.6 Å². The van der Waals surface area contributed by atoms with Crippen molar-refractivity contribution in [3.63, 3.8) is 0 Å². The van der Waals surface area contributed by atoms with Gasteiger partial charge in [-0.3, -0.25) is 0 Å². The number of nitriles is 1. The lowest BCUT2D eigenvalue weighted by Crippen LogP contribution is -2.10. The number of hydrogen-bond acceptors (Lipinski definition) is 5. The Balaban J connectivity index is 3.30. The van der Waals surface area contributed by atoms with Gasteiger partial charge in [-0.15, -0.1) is 0 Å². The molecule has 7 heteroatoms. The minimum Gasteiger partial charge on any atom is -0.504 e. The number of rotatable bonds is 4. The summed E-state index contributed by atoms with van der Waals surface area (Å²) in [5, 5.41) is 18.2. The van der Waals surface area contributed by atoms with Crippen LogP contribution in [0.3, 0.4) is 0 Å². The molecule has 0 aliphatic rings. The molecule has 0 bridgehead atoms. The largest absolute Gasteiger partial charge is 0.504 e. The normalized spacial score (nSPS) is 9.94. The molecule has 1 N–H and O–H groups in total. The number of hydrogen-bond donors (Lipinski definition) is 1. The highest BCUT2D eigenvalue weighted by Crippen LogP contribution is 2.33. The first-order chi connectivity index (χ1) is 8.51. The molecule has 0 saturated heterocycles. The number of benzene rings is 1. The summed E-state index contributed by atoms with van der Waals surface area (Å²) < 4.78 is 33.0. The van der Waals surface area contributed by atoms with Crippen LogP contribution in [0.2, 0.25) is 0 Å². The number of halogens is 2. The number of alkyl halides is 2. The van der Waals surface area contributed by atoms with Gasteiger partial charge in [0.15, 0.2) is 11.5 Å². The summed E-state index contributed by atoms with van der Waals surface area (Å²) in [6.07, 6.45) is 0. The standard InChI is InChI=1S/C11H9F2NO4/c1-2-17-10(16)6-3-4-8(15)9(7(6)5-14)18-11(12)13/h3-4,11,15H,2H2,1H3. The van der Waals surface area contributed by atoms with Gasteiger partial charge in [-0.25, -0.2) is 4.79 Å². The van der Waals surface area contributed by atoms with Crippen molar-refractivity contribution in [2.24, 2.45) is 0 Å². The summed E-state index contributed by atoms with van der Waals surface area (Å²) in [5.74, 6) is -2.24. The van der Waals surface area contributed by atoms with Crippen LogP contribution in [-0.4, -0.2) is 24.3 Å². The fraction of sp³-hybridized carbons (Fsp3) is 0.273. The zero-order chi connectivity index (χ0) is 13.7. The van der Waals surface area contributed by atoms with Crippen molar-refractivity contribution in [3.05, 3.63) is 23.3 Å². The molecule has 5 nitrogen and oxygen atoms in total. The monoisotopic (exact) mass is 257 g/mol. The van der Waals surface area contributed by atoms with Crippen LogP contribution in [0.5, 0.6) is 11.5 Å². The van der Waals surface area contributed by atoms with Gasteiger partial charge in [0, 0.05) is 0 Å². The molecule has 0 aliphatic heterocycles. The van der Waals surface area contributed by atoms with Gasteiger partial charge in [-0.05, 0) is 19.1 Å². The maximum Gasteiger partial charge on any atom is 0.387 e. The number of carbonyl (C=O) groups excluding carboxylic acids is 1. The summed E-state index contributed by atoms with van der Waals surface area (Å²) in [6, 6.07) is 3.61.